The Morgan fingerprint density at radius 3 is 2.47 bits per heavy atom. The second-order valence-corrected chi connectivity index (χ2v) is 4.83. The number of nitrogens with zero attached hydrogens (tertiary/aromatic N) is 5. The summed E-state index contributed by atoms with van der Waals surface area (Å²) in [5.41, 5.74) is 9.52. The van der Waals surface area contributed by atoms with E-state index >= 15 is 0 Å². The Balaban J connectivity index is 1.66. The number of benzene rings is 1. The number of rotatable bonds is 6. The van der Waals surface area contributed by atoms with Gasteiger partial charge in [-0.15, -0.1) is 0 Å². The van der Waals surface area contributed by atoms with Crippen LogP contribution in [0.2, 0.25) is 0 Å². The van der Waals surface area contributed by atoms with Crippen LogP contribution < -0.4 is 4.90 Å². The van der Waals surface area contributed by atoms with E-state index in [1.807, 2.05) is 0 Å². The number of anilines is 1. The highest BCUT2D eigenvalue weighted by Gasteiger charge is 2.16. The fraction of sp³-hybridized carbons (Fsp3) is 0.571. The van der Waals surface area contributed by atoms with E-state index in [9.17, 15) is 0 Å². The van der Waals surface area contributed by atoms with Crippen molar-refractivity contribution in [2.24, 2.45) is 5.11 Å². The standard InChI is InChI=1S/C14H21N5/c15-17-16-8-4-5-9-18-10-12-19(13-11-18)14-6-2-1-3-7-14/h1-3,6-7H,4-5,8-13H2. The monoisotopic (exact) mass is 259 g/mol. The second kappa shape index (κ2) is 7.67. The summed E-state index contributed by atoms with van der Waals surface area (Å²) in [6.45, 7) is 6.18. The van der Waals surface area contributed by atoms with Crippen LogP contribution in [0.25, 0.3) is 10.4 Å². The molecule has 1 heterocycles. The summed E-state index contributed by atoms with van der Waals surface area (Å²) >= 11 is 0. The third-order valence-electron chi connectivity index (χ3n) is 3.54. The molecule has 5 nitrogen and oxygen atoms in total. The maximum atomic E-state index is 8.19. The van der Waals surface area contributed by atoms with Crippen LogP contribution in [0, 0.1) is 0 Å². The smallest absolute Gasteiger partial charge is 0.0367 e. The molecule has 1 aliphatic rings. The Hall–Kier alpha value is -1.71. The van der Waals surface area contributed by atoms with Crippen molar-refractivity contribution in [1.82, 2.24) is 4.90 Å². The number of hydrogen-bond acceptors (Lipinski definition) is 3. The van der Waals surface area contributed by atoms with Gasteiger partial charge < -0.3 is 4.90 Å². The number of hydrogen-bond donors (Lipinski definition) is 0. The van der Waals surface area contributed by atoms with Crippen molar-refractivity contribution in [3.05, 3.63) is 40.8 Å². The molecule has 1 fully saturated rings. The van der Waals surface area contributed by atoms with Gasteiger partial charge >= 0.3 is 0 Å². The van der Waals surface area contributed by atoms with E-state index in [0.717, 1.165) is 45.6 Å². The number of unbranched alkanes of at least 4 members (excludes halogenated alkanes) is 1. The van der Waals surface area contributed by atoms with Crippen LogP contribution in [-0.2, 0) is 0 Å². The van der Waals surface area contributed by atoms with Gasteiger partial charge in [-0.05, 0) is 37.1 Å². The van der Waals surface area contributed by atoms with E-state index in [1.165, 1.54) is 5.69 Å². The molecule has 1 aromatic carbocycles. The van der Waals surface area contributed by atoms with Crippen LogP contribution in [0.1, 0.15) is 12.8 Å². The molecule has 0 amide bonds. The molecule has 0 saturated carbocycles. The van der Waals surface area contributed by atoms with E-state index in [2.05, 4.69) is 50.2 Å². The van der Waals surface area contributed by atoms with Crippen LogP contribution in [0.4, 0.5) is 5.69 Å². The number of piperazine rings is 1. The molecule has 2 rings (SSSR count). The van der Waals surface area contributed by atoms with Gasteiger partial charge in [-0.2, -0.15) is 0 Å². The van der Waals surface area contributed by atoms with Crippen molar-refractivity contribution in [3.63, 3.8) is 0 Å². The zero-order valence-electron chi connectivity index (χ0n) is 11.3. The molecule has 19 heavy (non-hydrogen) atoms. The van der Waals surface area contributed by atoms with Gasteiger partial charge in [0, 0.05) is 43.3 Å². The van der Waals surface area contributed by atoms with E-state index in [1.54, 1.807) is 0 Å². The summed E-state index contributed by atoms with van der Waals surface area (Å²) in [6, 6.07) is 10.6. The zero-order valence-corrected chi connectivity index (χ0v) is 11.3. The number of para-hydroxylation sites is 1. The Bertz CT molecular complexity index is 405. The SMILES string of the molecule is [N-]=[N+]=NCCCCN1CCN(c2ccccc2)CC1. The van der Waals surface area contributed by atoms with Gasteiger partial charge in [0.15, 0.2) is 0 Å². The first-order chi connectivity index (χ1) is 9.40. The van der Waals surface area contributed by atoms with Crippen molar-refractivity contribution in [2.45, 2.75) is 12.8 Å². The van der Waals surface area contributed by atoms with Crippen LogP contribution in [0.15, 0.2) is 35.4 Å². The molecule has 0 N–H and O–H groups in total. The lowest BCUT2D eigenvalue weighted by atomic mass is 10.2. The first kappa shape index (κ1) is 13.7. The molecule has 0 aliphatic carbocycles. The highest BCUT2D eigenvalue weighted by Crippen LogP contribution is 2.15. The number of azide groups is 1. The molecule has 0 radical (unpaired) electrons. The third kappa shape index (κ3) is 4.47. The van der Waals surface area contributed by atoms with E-state index in [4.69, 9.17) is 5.53 Å². The molecule has 5 heteroatoms. The van der Waals surface area contributed by atoms with E-state index in [0.29, 0.717) is 6.54 Å². The van der Waals surface area contributed by atoms with Crippen LogP contribution in [0.3, 0.4) is 0 Å². The summed E-state index contributed by atoms with van der Waals surface area (Å²) in [5, 5.41) is 3.56. The molecule has 0 aromatic heterocycles. The third-order valence-corrected chi connectivity index (χ3v) is 3.54. The van der Waals surface area contributed by atoms with Crippen LogP contribution >= 0.6 is 0 Å². The summed E-state index contributed by atoms with van der Waals surface area (Å²) in [5.74, 6) is 0. The van der Waals surface area contributed by atoms with Gasteiger partial charge in [-0.1, -0.05) is 23.3 Å². The van der Waals surface area contributed by atoms with Crippen molar-refractivity contribution < 1.29 is 0 Å². The quantitative estimate of drug-likeness (QED) is 0.341. The summed E-state index contributed by atoms with van der Waals surface area (Å²) in [6.07, 6.45) is 2.10. The molecular weight excluding hydrogens is 238 g/mol. The minimum atomic E-state index is 0.625. The van der Waals surface area contributed by atoms with Crippen molar-refractivity contribution >= 4 is 5.69 Å². The minimum Gasteiger partial charge on any atom is -0.369 e. The van der Waals surface area contributed by atoms with Crippen molar-refractivity contribution in [2.75, 3.05) is 44.2 Å². The lowest BCUT2D eigenvalue weighted by molar-refractivity contribution is 0.253. The molecular formula is C14H21N5. The van der Waals surface area contributed by atoms with Crippen molar-refractivity contribution in [3.8, 4) is 0 Å². The van der Waals surface area contributed by atoms with Crippen LogP contribution in [-0.4, -0.2) is 44.2 Å². The highest BCUT2D eigenvalue weighted by atomic mass is 15.3. The van der Waals surface area contributed by atoms with Gasteiger partial charge in [-0.3, -0.25) is 4.90 Å². The Morgan fingerprint density at radius 1 is 1.05 bits per heavy atom. The molecule has 0 atom stereocenters. The Morgan fingerprint density at radius 2 is 1.79 bits per heavy atom. The molecule has 1 saturated heterocycles. The molecule has 102 valence electrons. The normalized spacial score (nSPS) is 16.1. The average Bonchev–Trinajstić information content (AvgIpc) is 2.49. The summed E-state index contributed by atoms with van der Waals surface area (Å²) < 4.78 is 0. The molecule has 1 aliphatic heterocycles. The molecule has 0 spiro atoms. The molecule has 0 bridgehead atoms. The lowest BCUT2D eigenvalue weighted by Crippen LogP contribution is -2.46. The maximum absolute atomic E-state index is 8.19. The first-order valence-corrected chi connectivity index (χ1v) is 6.93. The Kier molecular flexibility index (Phi) is 5.53. The first-order valence-electron chi connectivity index (χ1n) is 6.93. The second-order valence-electron chi connectivity index (χ2n) is 4.83. The predicted octanol–water partition coefficient (Wildman–Crippen LogP) is 2.90. The predicted molar refractivity (Wildman–Crippen MR) is 78.3 cm³/mol. The fourth-order valence-electron chi connectivity index (χ4n) is 2.43. The van der Waals surface area contributed by atoms with Gasteiger partial charge in [0.2, 0.25) is 0 Å². The minimum absolute atomic E-state index is 0.625. The summed E-state index contributed by atoms with van der Waals surface area (Å²) in [7, 11) is 0. The highest BCUT2D eigenvalue weighted by molar-refractivity contribution is 5.46. The molecule has 1 aromatic rings. The average molecular weight is 259 g/mol. The van der Waals surface area contributed by atoms with Gasteiger partial charge in [0.05, 0.1) is 0 Å². The summed E-state index contributed by atoms with van der Waals surface area (Å²) in [4.78, 5) is 7.70. The van der Waals surface area contributed by atoms with Gasteiger partial charge in [0.1, 0.15) is 0 Å². The maximum Gasteiger partial charge on any atom is 0.0367 e. The van der Waals surface area contributed by atoms with Gasteiger partial charge in [-0.25, -0.2) is 0 Å². The van der Waals surface area contributed by atoms with Gasteiger partial charge in [0.25, 0.3) is 0 Å². The zero-order chi connectivity index (χ0) is 13.3. The Labute approximate surface area is 114 Å². The fourth-order valence-corrected chi connectivity index (χ4v) is 2.43. The van der Waals surface area contributed by atoms with Crippen LogP contribution in [0.5, 0.6) is 0 Å². The molecule has 0 unspecified atom stereocenters. The largest absolute Gasteiger partial charge is 0.369 e. The van der Waals surface area contributed by atoms with Crippen molar-refractivity contribution in [1.29, 1.82) is 0 Å². The topological polar surface area (TPSA) is 55.2 Å². The lowest BCUT2D eigenvalue weighted by Gasteiger charge is -2.36. The van der Waals surface area contributed by atoms with E-state index in [-0.39, 0.29) is 0 Å². The van der Waals surface area contributed by atoms with E-state index < -0.39 is 0 Å².